The summed E-state index contributed by atoms with van der Waals surface area (Å²) in [7, 11) is 0. The van der Waals surface area contributed by atoms with Crippen molar-refractivity contribution in [3.63, 3.8) is 0 Å². The summed E-state index contributed by atoms with van der Waals surface area (Å²) >= 11 is 1.67. The van der Waals surface area contributed by atoms with Gasteiger partial charge in [-0.3, -0.25) is 10.1 Å². The van der Waals surface area contributed by atoms with E-state index in [2.05, 4.69) is 0 Å². The van der Waals surface area contributed by atoms with Crippen LogP contribution in [0.25, 0.3) is 0 Å². The Kier molecular flexibility index (Phi) is 4.13. The van der Waals surface area contributed by atoms with E-state index in [1.165, 1.54) is 6.92 Å². The second-order valence-corrected chi connectivity index (χ2v) is 4.41. The first-order chi connectivity index (χ1) is 6.59. The zero-order valence-corrected chi connectivity index (χ0v) is 8.88. The molecular formula is C9H13NO3S. The Morgan fingerprint density at radius 1 is 1.79 bits per heavy atom. The molecule has 1 rings (SSSR count). The third-order valence-corrected chi connectivity index (χ3v) is 3.08. The monoisotopic (exact) mass is 215 g/mol. The average molecular weight is 215 g/mol. The molecule has 0 N–H and O–H groups in total. The SMILES string of the molecule is CC(=O)CC(C[N+](=O)[O-])C1=CSCC1. The Morgan fingerprint density at radius 2 is 2.50 bits per heavy atom. The summed E-state index contributed by atoms with van der Waals surface area (Å²) in [6.07, 6.45) is 1.18. The molecule has 78 valence electrons. The quantitative estimate of drug-likeness (QED) is 0.519. The van der Waals surface area contributed by atoms with Crippen LogP contribution in [0, 0.1) is 16.0 Å². The summed E-state index contributed by atoms with van der Waals surface area (Å²) in [5.41, 5.74) is 1.07. The normalized spacial score (nSPS) is 17.6. The molecule has 1 aliphatic rings. The number of carbonyl (C=O) groups excluding carboxylic acids is 1. The van der Waals surface area contributed by atoms with Crippen LogP contribution in [0.4, 0.5) is 0 Å². The van der Waals surface area contributed by atoms with Crippen LogP contribution in [0.3, 0.4) is 0 Å². The van der Waals surface area contributed by atoms with Gasteiger partial charge in [-0.1, -0.05) is 5.57 Å². The third kappa shape index (κ3) is 3.49. The number of rotatable bonds is 5. The smallest absolute Gasteiger partial charge is 0.210 e. The Morgan fingerprint density at radius 3 is 2.93 bits per heavy atom. The Balaban J connectivity index is 2.60. The van der Waals surface area contributed by atoms with E-state index in [1.807, 2.05) is 5.41 Å². The minimum atomic E-state index is -0.336. The number of nitro groups is 1. The molecular weight excluding hydrogens is 202 g/mol. The van der Waals surface area contributed by atoms with Crippen molar-refractivity contribution in [3.05, 3.63) is 21.1 Å². The van der Waals surface area contributed by atoms with Crippen molar-refractivity contribution in [2.75, 3.05) is 12.3 Å². The zero-order chi connectivity index (χ0) is 10.6. The summed E-state index contributed by atoms with van der Waals surface area (Å²) in [6, 6.07) is 0. The molecule has 1 heterocycles. The van der Waals surface area contributed by atoms with Gasteiger partial charge in [0, 0.05) is 17.1 Å². The van der Waals surface area contributed by atoms with Gasteiger partial charge in [-0.15, -0.1) is 11.8 Å². The van der Waals surface area contributed by atoms with Gasteiger partial charge in [0.1, 0.15) is 5.78 Å². The first-order valence-electron chi connectivity index (χ1n) is 4.51. The molecule has 4 nitrogen and oxygen atoms in total. The second kappa shape index (κ2) is 5.14. The molecule has 1 aliphatic heterocycles. The van der Waals surface area contributed by atoms with Crippen LogP contribution in [-0.2, 0) is 4.79 Å². The van der Waals surface area contributed by atoms with Gasteiger partial charge in [0.2, 0.25) is 6.54 Å². The lowest BCUT2D eigenvalue weighted by atomic mass is 9.93. The molecule has 0 fully saturated rings. The maximum Gasteiger partial charge on any atom is 0.210 e. The molecule has 0 aliphatic carbocycles. The number of ketones is 1. The van der Waals surface area contributed by atoms with Gasteiger partial charge in [-0.25, -0.2) is 0 Å². The summed E-state index contributed by atoms with van der Waals surface area (Å²) in [5, 5.41) is 12.4. The van der Waals surface area contributed by atoms with Crippen molar-refractivity contribution in [3.8, 4) is 0 Å². The summed E-state index contributed by atoms with van der Waals surface area (Å²) < 4.78 is 0. The number of Topliss-reactive ketones (excluding diaryl/α,β-unsaturated/α-hetero) is 1. The van der Waals surface area contributed by atoms with Crippen LogP contribution in [0.2, 0.25) is 0 Å². The van der Waals surface area contributed by atoms with Crippen LogP contribution in [0.15, 0.2) is 11.0 Å². The lowest BCUT2D eigenvalue weighted by Gasteiger charge is -2.11. The van der Waals surface area contributed by atoms with Gasteiger partial charge < -0.3 is 4.79 Å². The number of nitrogens with zero attached hydrogens (tertiary/aromatic N) is 1. The maximum atomic E-state index is 10.9. The second-order valence-electron chi connectivity index (χ2n) is 3.43. The van der Waals surface area contributed by atoms with E-state index in [0.29, 0.717) is 6.42 Å². The van der Waals surface area contributed by atoms with Crippen molar-refractivity contribution in [2.24, 2.45) is 5.92 Å². The predicted molar refractivity (Wildman–Crippen MR) is 55.8 cm³/mol. The zero-order valence-electron chi connectivity index (χ0n) is 8.06. The Labute approximate surface area is 86.9 Å². The van der Waals surface area contributed by atoms with Crippen molar-refractivity contribution in [1.29, 1.82) is 0 Å². The largest absolute Gasteiger partial charge is 0.300 e. The average Bonchev–Trinajstić information content (AvgIpc) is 2.52. The highest BCUT2D eigenvalue weighted by molar-refractivity contribution is 8.02. The summed E-state index contributed by atoms with van der Waals surface area (Å²) in [5.74, 6) is 0.828. The molecule has 0 bridgehead atoms. The van der Waals surface area contributed by atoms with E-state index in [9.17, 15) is 14.9 Å². The fourth-order valence-electron chi connectivity index (χ4n) is 1.54. The van der Waals surface area contributed by atoms with Crippen molar-refractivity contribution >= 4 is 17.5 Å². The number of hydrogen-bond acceptors (Lipinski definition) is 4. The molecule has 0 saturated carbocycles. The lowest BCUT2D eigenvalue weighted by molar-refractivity contribution is -0.486. The minimum absolute atomic E-state index is 0.0228. The molecule has 5 heteroatoms. The van der Waals surface area contributed by atoms with Crippen molar-refractivity contribution in [1.82, 2.24) is 0 Å². The van der Waals surface area contributed by atoms with Crippen LogP contribution in [0.1, 0.15) is 19.8 Å². The van der Waals surface area contributed by atoms with Crippen LogP contribution < -0.4 is 0 Å². The molecule has 0 aromatic carbocycles. The van der Waals surface area contributed by atoms with Crippen LogP contribution in [0.5, 0.6) is 0 Å². The third-order valence-electron chi connectivity index (χ3n) is 2.17. The van der Waals surface area contributed by atoms with E-state index in [-0.39, 0.29) is 23.2 Å². The van der Waals surface area contributed by atoms with Gasteiger partial charge >= 0.3 is 0 Å². The predicted octanol–water partition coefficient (Wildman–Crippen LogP) is 1.88. The highest BCUT2D eigenvalue weighted by Crippen LogP contribution is 2.29. The molecule has 0 spiro atoms. The Bertz CT molecular complexity index is 259. The summed E-state index contributed by atoms with van der Waals surface area (Å²) in [4.78, 5) is 21.0. The molecule has 1 atom stereocenters. The van der Waals surface area contributed by atoms with E-state index in [0.717, 1.165) is 17.7 Å². The molecule has 0 saturated heterocycles. The molecule has 0 amide bonds. The van der Waals surface area contributed by atoms with Crippen molar-refractivity contribution in [2.45, 2.75) is 19.8 Å². The first-order valence-corrected chi connectivity index (χ1v) is 5.56. The fraction of sp³-hybridized carbons (Fsp3) is 0.667. The minimum Gasteiger partial charge on any atom is -0.300 e. The number of carbonyl (C=O) groups is 1. The molecule has 0 aromatic rings. The molecule has 0 aromatic heterocycles. The van der Waals surface area contributed by atoms with Gasteiger partial charge in [0.15, 0.2) is 0 Å². The van der Waals surface area contributed by atoms with E-state index in [1.54, 1.807) is 11.8 Å². The van der Waals surface area contributed by atoms with E-state index < -0.39 is 0 Å². The maximum absolute atomic E-state index is 10.9. The van der Waals surface area contributed by atoms with Gasteiger partial charge in [-0.05, 0) is 18.8 Å². The molecule has 14 heavy (non-hydrogen) atoms. The molecule has 0 radical (unpaired) electrons. The number of hydrogen-bond donors (Lipinski definition) is 0. The van der Waals surface area contributed by atoms with Crippen LogP contribution >= 0.6 is 11.8 Å². The van der Waals surface area contributed by atoms with E-state index >= 15 is 0 Å². The topological polar surface area (TPSA) is 60.2 Å². The van der Waals surface area contributed by atoms with Gasteiger partial charge in [-0.2, -0.15) is 0 Å². The van der Waals surface area contributed by atoms with Crippen molar-refractivity contribution < 1.29 is 9.72 Å². The highest BCUT2D eigenvalue weighted by Gasteiger charge is 2.23. The highest BCUT2D eigenvalue weighted by atomic mass is 32.2. The standard InChI is InChI=1S/C9H13NO3S/c1-7(11)4-9(5-10(12)13)8-2-3-14-6-8/h6,9H,2-5H2,1H3. The number of thioether (sulfide) groups is 1. The molecule has 1 unspecified atom stereocenters. The Hall–Kier alpha value is -0.840. The van der Waals surface area contributed by atoms with Gasteiger partial charge in [0.25, 0.3) is 0 Å². The summed E-state index contributed by atoms with van der Waals surface area (Å²) in [6.45, 7) is 1.36. The lowest BCUT2D eigenvalue weighted by Crippen LogP contribution is -2.18. The van der Waals surface area contributed by atoms with E-state index in [4.69, 9.17) is 0 Å². The van der Waals surface area contributed by atoms with Crippen LogP contribution in [-0.4, -0.2) is 23.0 Å². The van der Waals surface area contributed by atoms with Gasteiger partial charge in [0.05, 0.1) is 5.92 Å². The fourth-order valence-corrected chi connectivity index (χ4v) is 2.54. The first kappa shape index (κ1) is 11.2.